The number of aromatic nitrogens is 4. The molecule has 184 valence electrons. The lowest BCUT2D eigenvalue weighted by Gasteiger charge is -2.17. The number of hydrogen-bond acceptors (Lipinski definition) is 5. The van der Waals surface area contributed by atoms with Gasteiger partial charge >= 0.3 is 0 Å². The highest BCUT2D eigenvalue weighted by Gasteiger charge is 2.17. The van der Waals surface area contributed by atoms with Gasteiger partial charge in [0.15, 0.2) is 0 Å². The number of benzene rings is 2. The molecule has 0 unspecified atom stereocenters. The average Bonchev–Trinajstić information content (AvgIpc) is 3.30. The van der Waals surface area contributed by atoms with E-state index in [4.69, 9.17) is 11.6 Å². The molecule has 2 aromatic heterocycles. The zero-order chi connectivity index (χ0) is 24.8. The first-order valence-corrected chi connectivity index (χ1v) is 12.5. The van der Waals surface area contributed by atoms with Crippen molar-refractivity contribution >= 4 is 34.2 Å². The van der Waals surface area contributed by atoms with E-state index in [-0.39, 0.29) is 11.5 Å². The van der Waals surface area contributed by atoms with Crippen LogP contribution in [0.2, 0.25) is 5.02 Å². The summed E-state index contributed by atoms with van der Waals surface area (Å²) in [5.41, 5.74) is 1.54. The maximum Gasteiger partial charge on any atom is 0.263 e. The zero-order valence-corrected chi connectivity index (χ0v) is 21.0. The normalized spacial score (nSPS) is 11.5. The van der Waals surface area contributed by atoms with Crippen LogP contribution in [0.25, 0.3) is 16.7 Å². The van der Waals surface area contributed by atoms with Gasteiger partial charge in [-0.3, -0.25) is 18.6 Å². The van der Waals surface area contributed by atoms with E-state index in [1.54, 1.807) is 16.7 Å². The van der Waals surface area contributed by atoms with Crippen molar-refractivity contribution in [1.29, 1.82) is 0 Å². The minimum Gasteiger partial charge on any atom is -0.356 e. The summed E-state index contributed by atoms with van der Waals surface area (Å²) in [5, 5.41) is 12.9. The number of nitrogens with one attached hydrogen (secondary N) is 1. The van der Waals surface area contributed by atoms with Crippen molar-refractivity contribution in [2.75, 3.05) is 26.2 Å². The van der Waals surface area contributed by atoms with Crippen LogP contribution in [-0.2, 0) is 17.8 Å². The highest BCUT2D eigenvalue weighted by Crippen LogP contribution is 2.17. The molecule has 1 amide bonds. The summed E-state index contributed by atoms with van der Waals surface area (Å²) in [5.74, 6) is 1.10. The quantitative estimate of drug-likeness (QED) is 0.322. The molecule has 4 aromatic rings. The fourth-order valence-corrected chi connectivity index (χ4v) is 4.40. The van der Waals surface area contributed by atoms with Crippen molar-refractivity contribution in [2.45, 2.75) is 39.7 Å². The number of halogens is 1. The van der Waals surface area contributed by atoms with Crippen LogP contribution in [0, 0.1) is 0 Å². The van der Waals surface area contributed by atoms with Crippen molar-refractivity contribution in [1.82, 2.24) is 29.4 Å². The second-order valence-electron chi connectivity index (χ2n) is 8.52. The van der Waals surface area contributed by atoms with Crippen LogP contribution in [0.5, 0.6) is 0 Å². The van der Waals surface area contributed by atoms with E-state index in [0.29, 0.717) is 47.9 Å². The van der Waals surface area contributed by atoms with Crippen LogP contribution in [0.15, 0.2) is 53.3 Å². The lowest BCUT2D eigenvalue weighted by Crippen LogP contribution is -2.30. The Morgan fingerprint density at radius 2 is 1.80 bits per heavy atom. The molecule has 0 fully saturated rings. The molecule has 2 aromatic carbocycles. The number of carbonyl (C=O) groups excluding carboxylic acids is 1. The minimum atomic E-state index is -0.132. The molecule has 0 atom stereocenters. The van der Waals surface area contributed by atoms with E-state index in [1.165, 1.54) is 0 Å². The molecule has 0 aliphatic heterocycles. The summed E-state index contributed by atoms with van der Waals surface area (Å²) in [4.78, 5) is 28.1. The summed E-state index contributed by atoms with van der Waals surface area (Å²) in [6, 6.07) is 14.8. The average molecular weight is 495 g/mol. The van der Waals surface area contributed by atoms with Gasteiger partial charge in [-0.1, -0.05) is 49.7 Å². The molecule has 0 aliphatic rings. The summed E-state index contributed by atoms with van der Waals surface area (Å²) < 4.78 is 3.51. The Balaban J connectivity index is 1.55. The Morgan fingerprint density at radius 1 is 1.06 bits per heavy atom. The maximum atomic E-state index is 13.3. The summed E-state index contributed by atoms with van der Waals surface area (Å²) in [6.07, 6.45) is 1.64. The number of nitrogens with zero attached hydrogens (tertiary/aromatic N) is 5. The van der Waals surface area contributed by atoms with Crippen molar-refractivity contribution in [2.24, 2.45) is 0 Å². The number of para-hydroxylation sites is 1. The first-order valence-electron chi connectivity index (χ1n) is 12.1. The summed E-state index contributed by atoms with van der Waals surface area (Å²) >= 11 is 6.02. The zero-order valence-electron chi connectivity index (χ0n) is 20.2. The third-order valence-corrected chi connectivity index (χ3v) is 6.52. The molecule has 9 heteroatoms. The predicted molar refractivity (Wildman–Crippen MR) is 139 cm³/mol. The van der Waals surface area contributed by atoms with Crippen LogP contribution in [0.3, 0.4) is 0 Å². The number of carbonyl (C=O) groups is 1. The predicted octanol–water partition coefficient (Wildman–Crippen LogP) is 3.53. The number of aryl methyl sites for hydroxylation is 1. The number of rotatable bonds is 11. The molecule has 0 radical (unpaired) electrons. The van der Waals surface area contributed by atoms with Crippen molar-refractivity contribution in [3.8, 4) is 0 Å². The standard InChI is InChI=1S/C26H31ClN6O2/c1-3-31(4-2)17-7-16-28-24(34)15-14-23-29-30-26-32(18-19-10-12-20(27)13-11-19)25(35)21-8-5-6-9-22(21)33(23)26/h5-6,8-13H,3-4,7,14-18H2,1-2H3,(H,28,34). The number of amides is 1. The molecule has 0 bridgehead atoms. The molecule has 2 heterocycles. The highest BCUT2D eigenvalue weighted by molar-refractivity contribution is 6.30. The summed E-state index contributed by atoms with van der Waals surface area (Å²) in [7, 11) is 0. The van der Waals surface area contributed by atoms with Gasteiger partial charge in [0, 0.05) is 24.4 Å². The number of hydrogen-bond donors (Lipinski definition) is 1. The van der Waals surface area contributed by atoms with E-state index < -0.39 is 0 Å². The Morgan fingerprint density at radius 3 is 2.54 bits per heavy atom. The van der Waals surface area contributed by atoms with Gasteiger partial charge in [0.2, 0.25) is 11.7 Å². The van der Waals surface area contributed by atoms with Gasteiger partial charge in [-0.05, 0) is 55.9 Å². The fourth-order valence-electron chi connectivity index (χ4n) is 4.28. The lowest BCUT2D eigenvalue weighted by atomic mass is 10.2. The van der Waals surface area contributed by atoms with Crippen LogP contribution >= 0.6 is 11.6 Å². The van der Waals surface area contributed by atoms with E-state index in [9.17, 15) is 9.59 Å². The second kappa shape index (κ2) is 11.5. The molecule has 1 N–H and O–H groups in total. The fraction of sp³-hybridized carbons (Fsp3) is 0.385. The molecule has 35 heavy (non-hydrogen) atoms. The van der Waals surface area contributed by atoms with Gasteiger partial charge in [0.1, 0.15) is 5.82 Å². The number of fused-ring (bicyclic) bond motifs is 3. The van der Waals surface area contributed by atoms with Crippen LogP contribution in [-0.4, -0.2) is 56.2 Å². The second-order valence-corrected chi connectivity index (χ2v) is 8.95. The van der Waals surface area contributed by atoms with E-state index in [2.05, 4.69) is 34.3 Å². The molecule has 8 nitrogen and oxygen atoms in total. The Bertz CT molecular complexity index is 1360. The van der Waals surface area contributed by atoms with Crippen molar-refractivity contribution in [3.05, 3.63) is 75.3 Å². The van der Waals surface area contributed by atoms with Gasteiger partial charge in [-0.25, -0.2) is 0 Å². The Hall–Kier alpha value is -3.23. The van der Waals surface area contributed by atoms with Gasteiger partial charge in [-0.15, -0.1) is 10.2 Å². The molecule has 0 aliphatic carbocycles. The van der Waals surface area contributed by atoms with Gasteiger partial charge in [-0.2, -0.15) is 0 Å². The van der Waals surface area contributed by atoms with E-state index >= 15 is 0 Å². The largest absolute Gasteiger partial charge is 0.356 e. The molecule has 0 saturated carbocycles. The van der Waals surface area contributed by atoms with Crippen molar-refractivity contribution in [3.63, 3.8) is 0 Å². The van der Waals surface area contributed by atoms with Gasteiger partial charge in [0.05, 0.1) is 17.4 Å². The van der Waals surface area contributed by atoms with E-state index in [0.717, 1.165) is 37.1 Å². The van der Waals surface area contributed by atoms with Crippen LogP contribution < -0.4 is 10.9 Å². The molecular weight excluding hydrogens is 464 g/mol. The Kier molecular flexibility index (Phi) is 8.15. The third kappa shape index (κ3) is 5.71. The highest BCUT2D eigenvalue weighted by atomic mass is 35.5. The van der Waals surface area contributed by atoms with Crippen LogP contribution in [0.4, 0.5) is 0 Å². The smallest absolute Gasteiger partial charge is 0.263 e. The lowest BCUT2D eigenvalue weighted by molar-refractivity contribution is -0.121. The monoisotopic (exact) mass is 494 g/mol. The van der Waals surface area contributed by atoms with E-state index in [1.807, 2.05) is 40.8 Å². The topological polar surface area (TPSA) is 84.5 Å². The molecule has 0 saturated heterocycles. The van der Waals surface area contributed by atoms with Gasteiger partial charge < -0.3 is 10.2 Å². The van der Waals surface area contributed by atoms with Crippen LogP contribution in [0.1, 0.15) is 38.1 Å². The first kappa shape index (κ1) is 24.9. The molecule has 0 spiro atoms. The maximum absolute atomic E-state index is 13.3. The van der Waals surface area contributed by atoms with Gasteiger partial charge in [0.25, 0.3) is 5.56 Å². The first-order chi connectivity index (χ1) is 17.0. The summed E-state index contributed by atoms with van der Waals surface area (Å²) in [6.45, 7) is 8.28. The third-order valence-electron chi connectivity index (χ3n) is 6.27. The van der Waals surface area contributed by atoms with Crippen molar-refractivity contribution < 1.29 is 4.79 Å². The Labute approximate surface area is 209 Å². The SMILES string of the molecule is CCN(CC)CCCNC(=O)CCc1nnc2n(Cc3ccc(Cl)cc3)c(=O)c3ccccc3n12. The molecule has 4 rings (SSSR count). The molecular formula is C26H31ClN6O2. The minimum absolute atomic E-state index is 0.0138.